The second-order valence-electron chi connectivity index (χ2n) is 5.60. The molecule has 8 heteroatoms. The van der Waals surface area contributed by atoms with E-state index in [4.69, 9.17) is 4.52 Å². The van der Waals surface area contributed by atoms with Crippen LogP contribution in [0.3, 0.4) is 0 Å². The maximum Gasteiger partial charge on any atom is 0.262 e. The van der Waals surface area contributed by atoms with Gasteiger partial charge in [-0.05, 0) is 32.4 Å². The third kappa shape index (κ3) is 3.18. The molecule has 0 aliphatic carbocycles. The lowest BCUT2D eigenvalue weighted by Gasteiger charge is -2.08. The van der Waals surface area contributed by atoms with E-state index in [1.54, 1.807) is 42.1 Å². The van der Waals surface area contributed by atoms with E-state index in [1.165, 1.54) is 6.20 Å². The summed E-state index contributed by atoms with van der Waals surface area (Å²) in [7, 11) is -3.64. The minimum Gasteiger partial charge on any atom is -0.361 e. The number of hydrogen-bond acceptors (Lipinski definition) is 5. The molecule has 0 amide bonds. The Morgan fingerprint density at radius 3 is 2.62 bits per heavy atom. The van der Waals surface area contributed by atoms with Gasteiger partial charge in [-0.2, -0.15) is 5.10 Å². The quantitative estimate of drug-likeness (QED) is 0.767. The summed E-state index contributed by atoms with van der Waals surface area (Å²) in [4.78, 5) is 0.253. The molecule has 3 rings (SSSR count). The highest BCUT2D eigenvalue weighted by molar-refractivity contribution is 7.92. The van der Waals surface area contributed by atoms with E-state index in [9.17, 15) is 8.42 Å². The van der Waals surface area contributed by atoms with Crippen molar-refractivity contribution in [2.24, 2.45) is 0 Å². The van der Waals surface area contributed by atoms with Gasteiger partial charge in [0.25, 0.3) is 10.0 Å². The van der Waals surface area contributed by atoms with Crippen molar-refractivity contribution in [1.29, 1.82) is 0 Å². The van der Waals surface area contributed by atoms with Crippen molar-refractivity contribution in [2.75, 3.05) is 4.72 Å². The zero-order valence-electron chi connectivity index (χ0n) is 13.6. The zero-order valence-corrected chi connectivity index (χ0v) is 14.5. The molecule has 0 fully saturated rings. The van der Waals surface area contributed by atoms with Gasteiger partial charge in [0, 0.05) is 11.8 Å². The van der Waals surface area contributed by atoms with Gasteiger partial charge in [0.2, 0.25) is 0 Å². The predicted molar refractivity (Wildman–Crippen MR) is 89.3 cm³/mol. The minimum absolute atomic E-state index is 0.253. The van der Waals surface area contributed by atoms with Crippen molar-refractivity contribution in [1.82, 2.24) is 14.9 Å². The number of sulfonamides is 1. The Labute approximate surface area is 140 Å². The van der Waals surface area contributed by atoms with Crippen LogP contribution >= 0.6 is 0 Å². The Morgan fingerprint density at radius 1 is 1.21 bits per heavy atom. The van der Waals surface area contributed by atoms with E-state index in [2.05, 4.69) is 15.0 Å². The molecule has 2 heterocycles. The molecule has 7 nitrogen and oxygen atoms in total. The van der Waals surface area contributed by atoms with E-state index >= 15 is 0 Å². The van der Waals surface area contributed by atoms with Gasteiger partial charge >= 0.3 is 0 Å². The Hall–Kier alpha value is -2.61. The Balaban J connectivity index is 1.80. The van der Waals surface area contributed by atoms with E-state index < -0.39 is 10.0 Å². The molecule has 0 saturated carbocycles. The molecule has 1 aromatic carbocycles. The smallest absolute Gasteiger partial charge is 0.262 e. The van der Waals surface area contributed by atoms with Gasteiger partial charge in [-0.15, -0.1) is 0 Å². The summed E-state index contributed by atoms with van der Waals surface area (Å²) in [6, 6.07) is 6.83. The lowest BCUT2D eigenvalue weighted by atomic mass is 10.2. The summed E-state index contributed by atoms with van der Waals surface area (Å²) >= 11 is 0. The van der Waals surface area contributed by atoms with Crippen molar-refractivity contribution < 1.29 is 12.9 Å². The molecule has 0 bridgehead atoms. The van der Waals surface area contributed by atoms with Crippen LogP contribution in [0.5, 0.6) is 0 Å². The van der Waals surface area contributed by atoms with Crippen molar-refractivity contribution >= 4 is 15.7 Å². The molecule has 2 aromatic heterocycles. The third-order valence-electron chi connectivity index (χ3n) is 3.77. The van der Waals surface area contributed by atoms with Crippen LogP contribution in [-0.2, 0) is 16.6 Å². The van der Waals surface area contributed by atoms with Crippen molar-refractivity contribution in [2.45, 2.75) is 32.2 Å². The summed E-state index contributed by atoms with van der Waals surface area (Å²) in [6.45, 7) is 5.92. The molecular weight excluding hydrogens is 328 g/mol. The summed E-state index contributed by atoms with van der Waals surface area (Å²) in [5.74, 6) is 0.727. The fourth-order valence-electron chi connectivity index (χ4n) is 2.46. The standard InChI is InChI=1S/C16H18N4O3S/c1-11-6-4-5-7-16(11)24(21,22)19-14-8-17-20(9-14)10-15-12(2)18-23-13(15)3/h4-9,19H,10H2,1-3H3. The van der Waals surface area contributed by atoms with Crippen LogP contribution in [0.15, 0.2) is 46.1 Å². The highest BCUT2D eigenvalue weighted by Crippen LogP contribution is 2.19. The number of benzene rings is 1. The fraction of sp³-hybridized carbons (Fsp3) is 0.250. The first kappa shape index (κ1) is 16.3. The van der Waals surface area contributed by atoms with Crippen molar-refractivity contribution in [3.05, 3.63) is 59.2 Å². The predicted octanol–water partition coefficient (Wildman–Crippen LogP) is 2.65. The summed E-state index contributed by atoms with van der Waals surface area (Å²) < 4.78 is 34.3. The molecule has 3 aromatic rings. The number of nitrogens with zero attached hydrogens (tertiary/aromatic N) is 3. The maximum atomic E-state index is 12.5. The molecule has 24 heavy (non-hydrogen) atoms. The number of rotatable bonds is 5. The zero-order chi connectivity index (χ0) is 17.3. The average Bonchev–Trinajstić information content (AvgIpc) is 3.08. The van der Waals surface area contributed by atoms with Gasteiger partial charge in [-0.25, -0.2) is 8.42 Å². The molecular formula is C16H18N4O3S. The van der Waals surface area contributed by atoms with Gasteiger partial charge in [0.1, 0.15) is 5.76 Å². The molecule has 0 aliphatic heterocycles. The van der Waals surface area contributed by atoms with Crippen LogP contribution in [0.25, 0.3) is 0 Å². The van der Waals surface area contributed by atoms with Crippen molar-refractivity contribution in [3.63, 3.8) is 0 Å². The summed E-state index contributed by atoms with van der Waals surface area (Å²) in [6.07, 6.45) is 3.12. The monoisotopic (exact) mass is 346 g/mol. The van der Waals surface area contributed by atoms with Crippen LogP contribution in [0.4, 0.5) is 5.69 Å². The largest absolute Gasteiger partial charge is 0.361 e. The van der Waals surface area contributed by atoms with Crippen LogP contribution in [0.1, 0.15) is 22.6 Å². The van der Waals surface area contributed by atoms with Crippen LogP contribution in [-0.4, -0.2) is 23.4 Å². The van der Waals surface area contributed by atoms with Crippen LogP contribution in [0.2, 0.25) is 0 Å². The molecule has 0 radical (unpaired) electrons. The molecule has 0 atom stereocenters. The molecule has 126 valence electrons. The second kappa shape index (κ2) is 6.12. The fourth-order valence-corrected chi connectivity index (χ4v) is 3.74. The normalized spacial score (nSPS) is 11.6. The molecule has 1 N–H and O–H groups in total. The SMILES string of the molecule is Cc1ccccc1S(=O)(=O)Nc1cnn(Cc2c(C)noc2C)c1. The molecule has 0 saturated heterocycles. The lowest BCUT2D eigenvalue weighted by Crippen LogP contribution is -2.13. The minimum atomic E-state index is -3.64. The lowest BCUT2D eigenvalue weighted by molar-refractivity contribution is 0.391. The maximum absolute atomic E-state index is 12.5. The number of anilines is 1. The van der Waals surface area contributed by atoms with Crippen molar-refractivity contribution in [3.8, 4) is 0 Å². The molecule has 0 unspecified atom stereocenters. The van der Waals surface area contributed by atoms with Crippen LogP contribution < -0.4 is 4.72 Å². The first-order chi connectivity index (χ1) is 11.4. The topological polar surface area (TPSA) is 90.0 Å². The van der Waals surface area contributed by atoms with E-state index in [1.807, 2.05) is 13.8 Å². The average molecular weight is 346 g/mol. The molecule has 0 spiro atoms. The summed E-state index contributed by atoms with van der Waals surface area (Å²) in [5, 5.41) is 8.09. The first-order valence-electron chi connectivity index (χ1n) is 7.39. The Kier molecular flexibility index (Phi) is 4.15. The second-order valence-corrected chi connectivity index (χ2v) is 7.25. The highest BCUT2D eigenvalue weighted by Gasteiger charge is 2.17. The Morgan fingerprint density at radius 2 is 1.96 bits per heavy atom. The van der Waals surface area contributed by atoms with Gasteiger partial charge in [-0.3, -0.25) is 9.40 Å². The van der Waals surface area contributed by atoms with E-state index in [0.717, 1.165) is 17.0 Å². The summed E-state index contributed by atoms with van der Waals surface area (Å²) in [5.41, 5.74) is 2.83. The van der Waals surface area contributed by atoms with Gasteiger partial charge in [0.05, 0.1) is 29.0 Å². The highest BCUT2D eigenvalue weighted by atomic mass is 32.2. The van der Waals surface area contributed by atoms with E-state index in [-0.39, 0.29) is 4.90 Å². The third-order valence-corrected chi connectivity index (χ3v) is 5.31. The van der Waals surface area contributed by atoms with E-state index in [0.29, 0.717) is 17.8 Å². The Bertz CT molecular complexity index is 953. The van der Waals surface area contributed by atoms with Gasteiger partial charge in [-0.1, -0.05) is 23.4 Å². The van der Waals surface area contributed by atoms with Crippen LogP contribution in [0, 0.1) is 20.8 Å². The number of hydrogen-bond donors (Lipinski definition) is 1. The van der Waals surface area contributed by atoms with Gasteiger partial charge < -0.3 is 4.52 Å². The number of aromatic nitrogens is 3. The first-order valence-corrected chi connectivity index (χ1v) is 8.88. The molecule has 0 aliphatic rings. The number of aryl methyl sites for hydroxylation is 3. The van der Waals surface area contributed by atoms with Gasteiger partial charge in [0.15, 0.2) is 0 Å². The number of nitrogens with one attached hydrogen (secondary N) is 1.